The predicted octanol–water partition coefficient (Wildman–Crippen LogP) is 2.00. The molecule has 0 unspecified atom stereocenters. The molecule has 98 valence electrons. The number of aromatic carboxylic acids is 1. The van der Waals surface area contributed by atoms with Gasteiger partial charge in [0.15, 0.2) is 0 Å². The Morgan fingerprint density at radius 3 is 2.74 bits per heavy atom. The molecule has 0 spiro atoms. The standard InChI is InChI=1S/C14H15N3O2/c1-17(9-10-5-2-3-8-16-10)13-11(14(18)19)6-4-7-12(13)15/h2-8H,9,15H2,1H3,(H,18,19). The van der Waals surface area contributed by atoms with Crippen LogP contribution >= 0.6 is 0 Å². The number of pyridine rings is 1. The van der Waals surface area contributed by atoms with Crippen LogP contribution in [0.5, 0.6) is 0 Å². The maximum Gasteiger partial charge on any atom is 0.337 e. The molecule has 0 amide bonds. The number of hydrogen-bond acceptors (Lipinski definition) is 4. The van der Waals surface area contributed by atoms with Gasteiger partial charge in [0.2, 0.25) is 0 Å². The van der Waals surface area contributed by atoms with Crippen LogP contribution in [0.1, 0.15) is 16.1 Å². The first kappa shape index (κ1) is 12.9. The molecular weight excluding hydrogens is 242 g/mol. The zero-order chi connectivity index (χ0) is 13.8. The van der Waals surface area contributed by atoms with Crippen molar-refractivity contribution in [1.82, 2.24) is 4.98 Å². The minimum atomic E-state index is -0.991. The van der Waals surface area contributed by atoms with Crippen LogP contribution in [0.3, 0.4) is 0 Å². The number of nitrogen functional groups attached to an aromatic ring is 1. The Labute approximate surface area is 111 Å². The third kappa shape index (κ3) is 2.82. The third-order valence-electron chi connectivity index (χ3n) is 2.80. The fraction of sp³-hybridized carbons (Fsp3) is 0.143. The van der Waals surface area contributed by atoms with E-state index in [9.17, 15) is 9.90 Å². The van der Waals surface area contributed by atoms with E-state index in [4.69, 9.17) is 5.73 Å². The molecule has 0 radical (unpaired) electrons. The highest BCUT2D eigenvalue weighted by atomic mass is 16.4. The summed E-state index contributed by atoms with van der Waals surface area (Å²) in [6.45, 7) is 0.495. The number of aromatic nitrogens is 1. The molecule has 1 heterocycles. The lowest BCUT2D eigenvalue weighted by atomic mass is 10.1. The molecule has 0 saturated heterocycles. The van der Waals surface area contributed by atoms with Crippen LogP contribution in [0.2, 0.25) is 0 Å². The fourth-order valence-corrected chi connectivity index (χ4v) is 1.97. The zero-order valence-corrected chi connectivity index (χ0v) is 10.6. The number of carboxylic acid groups (broad SMARTS) is 1. The molecule has 2 aromatic rings. The molecule has 0 aliphatic rings. The van der Waals surface area contributed by atoms with Gasteiger partial charge in [-0.05, 0) is 24.3 Å². The lowest BCUT2D eigenvalue weighted by molar-refractivity contribution is 0.0697. The summed E-state index contributed by atoms with van der Waals surface area (Å²) in [5.74, 6) is -0.991. The normalized spacial score (nSPS) is 10.2. The van der Waals surface area contributed by atoms with Gasteiger partial charge in [0.05, 0.1) is 29.2 Å². The van der Waals surface area contributed by atoms with Crippen molar-refractivity contribution in [2.24, 2.45) is 0 Å². The first-order valence-electron chi connectivity index (χ1n) is 5.82. The Bertz CT molecular complexity index is 584. The van der Waals surface area contributed by atoms with E-state index < -0.39 is 5.97 Å². The van der Waals surface area contributed by atoms with Crippen molar-refractivity contribution in [3.8, 4) is 0 Å². The molecule has 5 nitrogen and oxygen atoms in total. The van der Waals surface area contributed by atoms with Crippen LogP contribution in [0.4, 0.5) is 11.4 Å². The Morgan fingerprint density at radius 2 is 2.11 bits per heavy atom. The molecule has 3 N–H and O–H groups in total. The quantitative estimate of drug-likeness (QED) is 0.819. The Hall–Kier alpha value is -2.56. The number of anilines is 2. The van der Waals surface area contributed by atoms with Gasteiger partial charge < -0.3 is 15.7 Å². The van der Waals surface area contributed by atoms with Gasteiger partial charge in [0, 0.05) is 13.2 Å². The van der Waals surface area contributed by atoms with E-state index in [2.05, 4.69) is 4.98 Å². The molecule has 0 bridgehead atoms. The summed E-state index contributed by atoms with van der Waals surface area (Å²) in [6, 6.07) is 10.5. The topological polar surface area (TPSA) is 79.5 Å². The lowest BCUT2D eigenvalue weighted by Crippen LogP contribution is -2.21. The molecular formula is C14H15N3O2. The molecule has 0 fully saturated rings. The van der Waals surface area contributed by atoms with Gasteiger partial charge >= 0.3 is 5.97 Å². The minimum absolute atomic E-state index is 0.193. The van der Waals surface area contributed by atoms with Crippen molar-refractivity contribution in [2.75, 3.05) is 17.7 Å². The highest BCUT2D eigenvalue weighted by Crippen LogP contribution is 2.27. The van der Waals surface area contributed by atoms with Crippen molar-refractivity contribution >= 4 is 17.3 Å². The monoisotopic (exact) mass is 257 g/mol. The molecule has 5 heteroatoms. The first-order chi connectivity index (χ1) is 9.09. The molecule has 1 aromatic heterocycles. The second kappa shape index (κ2) is 5.39. The first-order valence-corrected chi connectivity index (χ1v) is 5.82. The van der Waals surface area contributed by atoms with Crippen LogP contribution in [0.25, 0.3) is 0 Å². The van der Waals surface area contributed by atoms with Gasteiger partial charge in [0.1, 0.15) is 0 Å². The van der Waals surface area contributed by atoms with E-state index in [1.807, 2.05) is 18.2 Å². The van der Waals surface area contributed by atoms with Crippen molar-refractivity contribution in [2.45, 2.75) is 6.54 Å². The smallest absolute Gasteiger partial charge is 0.337 e. The van der Waals surface area contributed by atoms with E-state index in [-0.39, 0.29) is 5.56 Å². The summed E-state index contributed by atoms with van der Waals surface area (Å²) >= 11 is 0. The average molecular weight is 257 g/mol. The summed E-state index contributed by atoms with van der Waals surface area (Å²) in [5, 5.41) is 9.21. The molecule has 19 heavy (non-hydrogen) atoms. The van der Waals surface area contributed by atoms with E-state index >= 15 is 0 Å². The SMILES string of the molecule is CN(Cc1ccccn1)c1c(N)cccc1C(=O)O. The van der Waals surface area contributed by atoms with E-state index in [1.165, 1.54) is 0 Å². The lowest BCUT2D eigenvalue weighted by Gasteiger charge is -2.22. The Kier molecular flexibility index (Phi) is 3.66. The van der Waals surface area contributed by atoms with Gasteiger partial charge in [-0.2, -0.15) is 0 Å². The largest absolute Gasteiger partial charge is 0.478 e. The second-order valence-corrected chi connectivity index (χ2v) is 4.23. The molecule has 0 saturated carbocycles. The van der Waals surface area contributed by atoms with E-state index in [1.54, 1.807) is 36.3 Å². The van der Waals surface area contributed by atoms with Gasteiger partial charge in [-0.3, -0.25) is 4.98 Å². The predicted molar refractivity (Wildman–Crippen MR) is 74.2 cm³/mol. The summed E-state index contributed by atoms with van der Waals surface area (Å²) in [6.07, 6.45) is 1.70. The van der Waals surface area contributed by atoms with Crippen LogP contribution in [-0.4, -0.2) is 23.1 Å². The number of nitrogens with zero attached hydrogens (tertiary/aromatic N) is 2. The minimum Gasteiger partial charge on any atom is -0.478 e. The number of carboxylic acids is 1. The van der Waals surface area contributed by atoms with Crippen LogP contribution in [0.15, 0.2) is 42.6 Å². The number of benzene rings is 1. The highest BCUT2D eigenvalue weighted by Gasteiger charge is 2.16. The van der Waals surface area contributed by atoms with Crippen molar-refractivity contribution < 1.29 is 9.90 Å². The van der Waals surface area contributed by atoms with Crippen LogP contribution in [-0.2, 0) is 6.54 Å². The molecule has 0 aliphatic heterocycles. The number of hydrogen-bond donors (Lipinski definition) is 2. The molecule has 0 aliphatic carbocycles. The maximum atomic E-state index is 11.2. The van der Waals surface area contributed by atoms with Crippen molar-refractivity contribution in [1.29, 1.82) is 0 Å². The van der Waals surface area contributed by atoms with Crippen LogP contribution < -0.4 is 10.6 Å². The third-order valence-corrected chi connectivity index (χ3v) is 2.80. The van der Waals surface area contributed by atoms with Gasteiger partial charge in [0.25, 0.3) is 0 Å². The number of para-hydroxylation sites is 1. The number of carbonyl (C=O) groups is 1. The van der Waals surface area contributed by atoms with Crippen molar-refractivity contribution in [3.63, 3.8) is 0 Å². The van der Waals surface area contributed by atoms with Gasteiger partial charge in [-0.15, -0.1) is 0 Å². The van der Waals surface area contributed by atoms with Crippen molar-refractivity contribution in [3.05, 3.63) is 53.9 Å². The van der Waals surface area contributed by atoms with Gasteiger partial charge in [-0.1, -0.05) is 12.1 Å². The summed E-state index contributed by atoms with van der Waals surface area (Å²) in [5.41, 5.74) is 7.89. The number of rotatable bonds is 4. The Balaban J connectivity index is 2.33. The highest BCUT2D eigenvalue weighted by molar-refractivity contribution is 5.97. The molecule has 0 atom stereocenters. The summed E-state index contributed by atoms with van der Waals surface area (Å²) in [7, 11) is 1.80. The number of nitrogens with two attached hydrogens (primary N) is 1. The van der Waals surface area contributed by atoms with Gasteiger partial charge in [-0.25, -0.2) is 4.79 Å². The average Bonchev–Trinajstić information content (AvgIpc) is 2.39. The molecule has 2 rings (SSSR count). The fourth-order valence-electron chi connectivity index (χ4n) is 1.97. The van der Waals surface area contributed by atoms with E-state index in [0.717, 1.165) is 5.69 Å². The maximum absolute atomic E-state index is 11.2. The van der Waals surface area contributed by atoms with E-state index in [0.29, 0.717) is 17.9 Å². The Morgan fingerprint density at radius 1 is 1.32 bits per heavy atom. The van der Waals surface area contributed by atoms with Crippen LogP contribution in [0, 0.1) is 0 Å². The summed E-state index contributed by atoms with van der Waals surface area (Å²) < 4.78 is 0. The molecule has 1 aromatic carbocycles. The second-order valence-electron chi connectivity index (χ2n) is 4.23. The zero-order valence-electron chi connectivity index (χ0n) is 10.6. The summed E-state index contributed by atoms with van der Waals surface area (Å²) in [4.78, 5) is 17.2.